The number of pyridine rings is 1. The van der Waals surface area contributed by atoms with E-state index >= 15 is 0 Å². The van der Waals surface area contributed by atoms with E-state index in [1.807, 2.05) is 6.92 Å². The van der Waals surface area contributed by atoms with Crippen LogP contribution in [0.5, 0.6) is 0 Å². The number of carbonyl (C=O) groups excluding carboxylic acids is 1. The average molecular weight is 488 g/mol. The monoisotopic (exact) mass is 487 g/mol. The van der Waals surface area contributed by atoms with Gasteiger partial charge in [0.25, 0.3) is 0 Å². The highest BCUT2D eigenvalue weighted by atomic mass is 32.2. The molecule has 1 aromatic heterocycles. The minimum Gasteiger partial charge on any atom is -0.346 e. The van der Waals surface area contributed by atoms with Crippen molar-refractivity contribution in [1.29, 1.82) is 0 Å². The Morgan fingerprint density at radius 3 is 2.48 bits per heavy atom. The molecule has 180 valence electrons. The zero-order valence-electron chi connectivity index (χ0n) is 18.3. The second-order valence-electron chi connectivity index (χ2n) is 7.51. The van der Waals surface area contributed by atoms with Crippen LogP contribution in [0.2, 0.25) is 0 Å². The number of aromatic nitrogens is 1. The summed E-state index contributed by atoms with van der Waals surface area (Å²) in [5.41, 5.74) is -0.150. The molecule has 0 radical (unpaired) electrons. The van der Waals surface area contributed by atoms with E-state index in [-0.39, 0.29) is 11.4 Å². The SMILES string of the molecule is CCCCc1nc(C(F)(F)F)ccc1/C=C/C(=O)NC(C)c1ccc(NS(C)(=O)=O)c(F)c1. The van der Waals surface area contributed by atoms with Crippen LogP contribution in [0.1, 0.15) is 55.2 Å². The molecule has 0 aliphatic rings. The maximum Gasteiger partial charge on any atom is 0.433 e. The number of carbonyl (C=O) groups is 1. The lowest BCUT2D eigenvalue weighted by atomic mass is 10.1. The van der Waals surface area contributed by atoms with E-state index in [2.05, 4.69) is 15.0 Å². The molecule has 0 bridgehead atoms. The number of nitrogens with one attached hydrogen (secondary N) is 2. The largest absolute Gasteiger partial charge is 0.433 e. The molecule has 0 spiro atoms. The Morgan fingerprint density at radius 2 is 1.91 bits per heavy atom. The topological polar surface area (TPSA) is 88.2 Å². The molecule has 11 heteroatoms. The predicted molar refractivity (Wildman–Crippen MR) is 118 cm³/mol. The number of anilines is 1. The molecule has 1 aromatic carbocycles. The normalized spacial score (nSPS) is 13.2. The van der Waals surface area contributed by atoms with Gasteiger partial charge >= 0.3 is 6.18 Å². The summed E-state index contributed by atoms with van der Waals surface area (Å²) < 4.78 is 77.6. The van der Waals surface area contributed by atoms with Crippen LogP contribution in [0.3, 0.4) is 0 Å². The fourth-order valence-electron chi connectivity index (χ4n) is 2.96. The third kappa shape index (κ3) is 8.16. The summed E-state index contributed by atoms with van der Waals surface area (Å²) in [5.74, 6) is -1.34. The Hall–Kier alpha value is -2.95. The number of aryl methyl sites for hydroxylation is 1. The third-order valence-corrected chi connectivity index (χ3v) is 5.22. The van der Waals surface area contributed by atoms with Crippen molar-refractivity contribution < 1.29 is 30.8 Å². The van der Waals surface area contributed by atoms with E-state index in [9.17, 15) is 30.8 Å². The fraction of sp³-hybridized carbons (Fsp3) is 0.364. The molecular formula is C22H25F4N3O3S. The van der Waals surface area contributed by atoms with Crippen molar-refractivity contribution in [2.45, 2.75) is 45.3 Å². The summed E-state index contributed by atoms with van der Waals surface area (Å²) in [6, 6.07) is 5.34. The Bertz CT molecular complexity index is 1130. The number of sulfonamides is 1. The standard InChI is InChI=1S/C22H25F4N3O3S/c1-4-5-6-18-15(8-11-20(28-18)22(24,25)26)9-12-21(30)27-14(2)16-7-10-19(17(23)13-16)29-33(3,31)32/h7-14,29H,4-6H2,1-3H3,(H,27,30)/b12-9+. The van der Waals surface area contributed by atoms with Gasteiger partial charge < -0.3 is 5.32 Å². The van der Waals surface area contributed by atoms with Crippen molar-refractivity contribution >= 4 is 27.7 Å². The molecule has 0 aliphatic heterocycles. The van der Waals surface area contributed by atoms with Gasteiger partial charge in [-0.15, -0.1) is 0 Å². The molecule has 6 nitrogen and oxygen atoms in total. The van der Waals surface area contributed by atoms with E-state index < -0.39 is 39.7 Å². The Morgan fingerprint density at radius 1 is 1.21 bits per heavy atom. The fourth-order valence-corrected chi connectivity index (χ4v) is 3.52. The molecule has 2 rings (SSSR count). The number of unbranched alkanes of at least 4 members (excludes halogenated alkanes) is 1. The van der Waals surface area contributed by atoms with E-state index in [1.54, 1.807) is 6.92 Å². The van der Waals surface area contributed by atoms with Gasteiger partial charge in [-0.2, -0.15) is 13.2 Å². The Balaban J connectivity index is 2.13. The van der Waals surface area contributed by atoms with Crippen molar-refractivity contribution in [2.24, 2.45) is 0 Å². The van der Waals surface area contributed by atoms with Gasteiger partial charge in [-0.3, -0.25) is 9.52 Å². The quantitative estimate of drug-likeness (QED) is 0.391. The number of nitrogens with zero attached hydrogens (tertiary/aromatic N) is 1. The van der Waals surface area contributed by atoms with Crippen LogP contribution in [-0.2, 0) is 27.4 Å². The lowest BCUT2D eigenvalue weighted by Crippen LogP contribution is -2.24. The molecule has 33 heavy (non-hydrogen) atoms. The van der Waals surface area contributed by atoms with Crippen molar-refractivity contribution in [3.8, 4) is 0 Å². The number of amides is 1. The van der Waals surface area contributed by atoms with Crippen LogP contribution in [0, 0.1) is 5.82 Å². The number of alkyl halides is 3. The van der Waals surface area contributed by atoms with Crippen molar-refractivity contribution in [3.05, 3.63) is 64.7 Å². The van der Waals surface area contributed by atoms with E-state index in [0.717, 1.165) is 24.8 Å². The van der Waals surface area contributed by atoms with E-state index in [1.165, 1.54) is 30.4 Å². The van der Waals surface area contributed by atoms with Gasteiger partial charge in [0.05, 0.1) is 18.0 Å². The molecule has 2 N–H and O–H groups in total. The summed E-state index contributed by atoms with van der Waals surface area (Å²) in [6.45, 7) is 3.51. The first-order valence-corrected chi connectivity index (χ1v) is 12.0. The summed E-state index contributed by atoms with van der Waals surface area (Å²) in [6.07, 6.45) is 0.659. The first-order chi connectivity index (χ1) is 15.3. The van der Waals surface area contributed by atoms with Crippen LogP contribution in [-0.4, -0.2) is 25.6 Å². The lowest BCUT2D eigenvalue weighted by Gasteiger charge is -2.15. The minimum absolute atomic E-state index is 0.214. The Labute approximate surface area is 190 Å². The number of rotatable bonds is 9. The van der Waals surface area contributed by atoms with Gasteiger partial charge in [-0.05, 0) is 55.2 Å². The first-order valence-electron chi connectivity index (χ1n) is 10.1. The number of benzene rings is 1. The van der Waals surface area contributed by atoms with Crippen molar-refractivity contribution in [1.82, 2.24) is 10.3 Å². The van der Waals surface area contributed by atoms with Gasteiger partial charge in [0.1, 0.15) is 11.5 Å². The molecule has 0 saturated heterocycles. The van der Waals surface area contributed by atoms with Crippen LogP contribution in [0.15, 0.2) is 36.4 Å². The number of hydrogen-bond acceptors (Lipinski definition) is 4. The summed E-state index contributed by atoms with van der Waals surface area (Å²) in [4.78, 5) is 16.0. The van der Waals surface area contributed by atoms with Crippen LogP contribution in [0.4, 0.5) is 23.2 Å². The van der Waals surface area contributed by atoms with Gasteiger partial charge in [-0.25, -0.2) is 17.8 Å². The number of hydrogen-bond donors (Lipinski definition) is 2. The van der Waals surface area contributed by atoms with E-state index in [0.29, 0.717) is 24.0 Å². The maximum atomic E-state index is 14.2. The molecule has 1 heterocycles. The smallest absolute Gasteiger partial charge is 0.346 e. The summed E-state index contributed by atoms with van der Waals surface area (Å²) in [7, 11) is -3.64. The zero-order chi connectivity index (χ0) is 24.8. The maximum absolute atomic E-state index is 14.2. The molecule has 1 atom stereocenters. The van der Waals surface area contributed by atoms with Gasteiger partial charge in [0.2, 0.25) is 15.9 Å². The minimum atomic E-state index is -4.56. The molecule has 2 aromatic rings. The highest BCUT2D eigenvalue weighted by Gasteiger charge is 2.32. The average Bonchev–Trinajstić information content (AvgIpc) is 2.70. The van der Waals surface area contributed by atoms with Gasteiger partial charge in [0, 0.05) is 11.8 Å². The zero-order valence-corrected chi connectivity index (χ0v) is 19.1. The third-order valence-electron chi connectivity index (χ3n) is 4.63. The second kappa shape index (κ2) is 10.8. The number of halogens is 4. The van der Waals surface area contributed by atoms with Crippen molar-refractivity contribution in [3.63, 3.8) is 0 Å². The molecule has 0 fully saturated rings. The predicted octanol–water partition coefficient (Wildman–Crippen LogP) is 4.84. The van der Waals surface area contributed by atoms with E-state index in [4.69, 9.17) is 0 Å². The molecule has 1 unspecified atom stereocenters. The summed E-state index contributed by atoms with van der Waals surface area (Å²) in [5, 5.41) is 2.63. The first kappa shape index (κ1) is 26.3. The molecule has 0 saturated carbocycles. The van der Waals surface area contributed by atoms with Crippen LogP contribution >= 0.6 is 0 Å². The molecule has 1 amide bonds. The van der Waals surface area contributed by atoms with Crippen LogP contribution < -0.4 is 10.0 Å². The lowest BCUT2D eigenvalue weighted by molar-refractivity contribution is -0.141. The Kier molecular flexibility index (Phi) is 8.59. The molecule has 0 aliphatic carbocycles. The second-order valence-corrected chi connectivity index (χ2v) is 9.26. The van der Waals surface area contributed by atoms with Gasteiger partial charge in [-0.1, -0.05) is 25.5 Å². The van der Waals surface area contributed by atoms with Gasteiger partial charge in [0.15, 0.2) is 0 Å². The van der Waals surface area contributed by atoms with Crippen LogP contribution in [0.25, 0.3) is 6.08 Å². The highest BCUT2D eigenvalue weighted by Crippen LogP contribution is 2.29. The summed E-state index contributed by atoms with van der Waals surface area (Å²) >= 11 is 0. The highest BCUT2D eigenvalue weighted by molar-refractivity contribution is 7.92. The van der Waals surface area contributed by atoms with Crippen molar-refractivity contribution in [2.75, 3.05) is 11.0 Å². The molecular weight excluding hydrogens is 462 g/mol.